The molecule has 15 nitrogen and oxygen atoms in total. The highest BCUT2D eigenvalue weighted by molar-refractivity contribution is 14.1. The number of nitrogens with zero attached hydrogens (tertiary/aromatic N) is 4. The van der Waals surface area contributed by atoms with E-state index in [1.165, 1.54) is 18.6 Å². The lowest BCUT2D eigenvalue weighted by molar-refractivity contribution is -0.139. The van der Waals surface area contributed by atoms with Gasteiger partial charge >= 0.3 is 13.7 Å². The quantitative estimate of drug-likeness (QED) is 0.0677. The van der Waals surface area contributed by atoms with Gasteiger partial charge in [0, 0.05) is 28.0 Å². The first-order valence-electron chi connectivity index (χ1n) is 16.2. The molecular weight excluding hydrogens is 794 g/mol. The molecule has 7 rings (SSSR count). The average molecular weight is 831 g/mol. The summed E-state index contributed by atoms with van der Waals surface area (Å²) in [5.41, 5.74) is 6.72. The second kappa shape index (κ2) is 13.9. The molecular formula is C34H36IN6O9P. The van der Waals surface area contributed by atoms with Crippen LogP contribution >= 0.6 is 30.3 Å². The fourth-order valence-corrected chi connectivity index (χ4v) is 9.12. The lowest BCUT2D eigenvalue weighted by Crippen LogP contribution is -2.45. The fourth-order valence-electron chi connectivity index (χ4n) is 6.86. The number of nitrogens with two attached hydrogens (primary N) is 1. The summed E-state index contributed by atoms with van der Waals surface area (Å²) in [6.45, 7) is 0.810. The van der Waals surface area contributed by atoms with E-state index in [0.29, 0.717) is 22.1 Å². The Bertz CT molecular complexity index is 2140. The Morgan fingerprint density at radius 2 is 1.80 bits per heavy atom. The Balaban J connectivity index is 1.17. The van der Waals surface area contributed by atoms with E-state index in [4.69, 9.17) is 24.3 Å². The van der Waals surface area contributed by atoms with Gasteiger partial charge in [0.25, 0.3) is 0 Å². The van der Waals surface area contributed by atoms with Gasteiger partial charge < -0.3 is 35.1 Å². The SMILES string of the molecule is COc1nc(N)nc2c1nc(I)n2[C@@H]1O[C@H](COP(=O)(N[C@@H](CC2Cc3ccccc3C2)C(=O)O)Oc2cccc3ccccc23)[C@@H](O)[C@@]1(C)O. The third kappa shape index (κ3) is 6.89. The van der Waals surface area contributed by atoms with Crippen LogP contribution in [0.25, 0.3) is 21.9 Å². The molecule has 5 aromatic rings. The number of nitrogens with one attached hydrogen (secondary N) is 1. The highest BCUT2D eigenvalue weighted by atomic mass is 127. The van der Waals surface area contributed by atoms with Crippen LogP contribution in [0.5, 0.6) is 11.6 Å². The second-order valence-corrected chi connectivity index (χ2v) is 15.5. The van der Waals surface area contributed by atoms with Gasteiger partial charge in [-0.05, 0) is 54.7 Å². The molecule has 51 heavy (non-hydrogen) atoms. The number of hydrogen-bond donors (Lipinski definition) is 5. The van der Waals surface area contributed by atoms with Crippen molar-refractivity contribution in [2.24, 2.45) is 5.92 Å². The number of carbonyl (C=O) groups is 1. The summed E-state index contributed by atoms with van der Waals surface area (Å²) >= 11 is 1.93. The third-order valence-corrected chi connectivity index (χ3v) is 11.7. The summed E-state index contributed by atoms with van der Waals surface area (Å²) in [6, 6.07) is 19.1. The molecule has 0 bridgehead atoms. The van der Waals surface area contributed by atoms with Gasteiger partial charge in [-0.3, -0.25) is 13.9 Å². The first kappa shape index (κ1) is 35.5. The second-order valence-electron chi connectivity index (χ2n) is 12.9. The molecule has 0 amide bonds. The molecule has 17 heteroatoms. The standard InChI is InChI=1S/C34H36IN6O9P/c1-34(45)27(42)25(49-31(34)41-28-26(37-32(41)35)29(47-2)39-33(36)38-28)17-48-51(46,50-24-13-7-11-19-8-5-6-12-22(19)24)40-23(30(43)44)16-18-14-20-9-3-4-10-21(20)15-18/h3-13,18,23,25,27,31,42,45H,14-17H2,1-2H3,(H,40,46)(H,43,44)(H2,36,38,39)/t23-,25+,27+,31+,34+,51?/m0/s1. The van der Waals surface area contributed by atoms with Crippen molar-refractivity contribution in [1.29, 1.82) is 0 Å². The summed E-state index contributed by atoms with van der Waals surface area (Å²) in [4.78, 5) is 25.4. The van der Waals surface area contributed by atoms with E-state index in [1.54, 1.807) is 24.3 Å². The van der Waals surface area contributed by atoms with Crippen LogP contribution in [-0.4, -0.2) is 78.4 Å². The minimum absolute atomic E-state index is 0.0261. The van der Waals surface area contributed by atoms with Gasteiger partial charge in [0.1, 0.15) is 29.6 Å². The summed E-state index contributed by atoms with van der Waals surface area (Å²) in [6.07, 6.45) is -2.59. The molecule has 6 atom stereocenters. The van der Waals surface area contributed by atoms with Gasteiger partial charge in [0.15, 0.2) is 21.2 Å². The Hall–Kier alpha value is -3.90. The third-order valence-electron chi connectivity index (χ3n) is 9.36. The molecule has 2 aliphatic rings. The molecule has 0 saturated carbocycles. The Kier molecular flexibility index (Phi) is 9.68. The molecule has 0 spiro atoms. The Labute approximate surface area is 305 Å². The van der Waals surface area contributed by atoms with Crippen molar-refractivity contribution in [3.63, 3.8) is 0 Å². The largest absolute Gasteiger partial charge is 0.480 e. The maximum absolute atomic E-state index is 14.7. The van der Waals surface area contributed by atoms with Crippen molar-refractivity contribution < 1.29 is 43.2 Å². The molecule has 1 fully saturated rings. The van der Waals surface area contributed by atoms with Gasteiger partial charge in [0.05, 0.1) is 13.7 Å². The number of aliphatic hydroxyl groups is 2. The van der Waals surface area contributed by atoms with Crippen molar-refractivity contribution >= 4 is 64.2 Å². The molecule has 3 aromatic carbocycles. The first-order chi connectivity index (χ1) is 24.4. The van der Waals surface area contributed by atoms with E-state index in [1.807, 2.05) is 65.1 Å². The zero-order valence-corrected chi connectivity index (χ0v) is 30.6. The zero-order valence-electron chi connectivity index (χ0n) is 27.5. The number of ether oxygens (including phenoxy) is 2. The molecule has 1 aliphatic heterocycles. The van der Waals surface area contributed by atoms with Crippen LogP contribution in [0.15, 0.2) is 66.7 Å². The first-order valence-corrected chi connectivity index (χ1v) is 18.8. The van der Waals surface area contributed by atoms with Crippen molar-refractivity contribution in [2.45, 2.75) is 56.3 Å². The van der Waals surface area contributed by atoms with E-state index >= 15 is 0 Å². The van der Waals surface area contributed by atoms with Crippen LogP contribution in [0, 0.1) is 9.75 Å². The Morgan fingerprint density at radius 1 is 1.12 bits per heavy atom. The van der Waals surface area contributed by atoms with Gasteiger partial charge in [0.2, 0.25) is 11.8 Å². The molecule has 6 N–H and O–H groups in total. The van der Waals surface area contributed by atoms with E-state index in [0.717, 1.165) is 16.5 Å². The highest BCUT2D eigenvalue weighted by Crippen LogP contribution is 2.49. The summed E-state index contributed by atoms with van der Waals surface area (Å²) in [7, 11) is -3.13. The topological polar surface area (TPSA) is 213 Å². The summed E-state index contributed by atoms with van der Waals surface area (Å²) in [5.74, 6) is -1.05. The zero-order chi connectivity index (χ0) is 36.1. The van der Waals surface area contributed by atoms with Crippen molar-refractivity contribution in [2.75, 3.05) is 19.5 Å². The minimum atomic E-state index is -4.53. The number of aromatic nitrogens is 4. The van der Waals surface area contributed by atoms with Crippen LogP contribution in [-0.2, 0) is 31.5 Å². The van der Waals surface area contributed by atoms with Gasteiger partial charge in [-0.1, -0.05) is 60.7 Å². The number of anilines is 1. The number of nitrogen functional groups attached to an aromatic ring is 1. The minimum Gasteiger partial charge on any atom is -0.480 e. The number of hydrogen-bond acceptors (Lipinski definition) is 12. The van der Waals surface area contributed by atoms with E-state index < -0.39 is 50.4 Å². The number of aliphatic hydroxyl groups excluding tert-OH is 1. The maximum Gasteiger partial charge on any atom is 0.459 e. The van der Waals surface area contributed by atoms with Crippen LogP contribution in [0.1, 0.15) is 30.7 Å². The number of carboxylic acid groups (broad SMARTS) is 1. The van der Waals surface area contributed by atoms with Crippen LogP contribution in [0.3, 0.4) is 0 Å². The number of benzene rings is 3. The fraction of sp³-hybridized carbons (Fsp3) is 0.353. The predicted molar refractivity (Wildman–Crippen MR) is 194 cm³/mol. The van der Waals surface area contributed by atoms with E-state index in [2.05, 4.69) is 20.0 Å². The molecule has 268 valence electrons. The molecule has 1 aliphatic carbocycles. The number of methoxy groups -OCH3 is 1. The normalized spacial score (nSPS) is 23.7. The number of aliphatic carboxylic acids is 1. The van der Waals surface area contributed by atoms with Gasteiger partial charge in [-0.15, -0.1) is 0 Å². The smallest absolute Gasteiger partial charge is 0.459 e. The van der Waals surface area contributed by atoms with Crippen LogP contribution in [0.4, 0.5) is 5.95 Å². The Morgan fingerprint density at radius 3 is 2.51 bits per heavy atom. The molecule has 1 saturated heterocycles. The average Bonchev–Trinajstić information content (AvgIpc) is 3.73. The van der Waals surface area contributed by atoms with Crippen molar-refractivity contribution in [3.8, 4) is 11.6 Å². The van der Waals surface area contributed by atoms with Crippen molar-refractivity contribution in [1.82, 2.24) is 24.6 Å². The number of imidazole rings is 1. The van der Waals surface area contributed by atoms with E-state index in [-0.39, 0.29) is 41.1 Å². The molecule has 3 heterocycles. The van der Waals surface area contributed by atoms with E-state index in [9.17, 15) is 24.7 Å². The number of rotatable bonds is 12. The lowest BCUT2D eigenvalue weighted by atomic mass is 9.96. The molecule has 1 unspecified atom stereocenters. The van der Waals surface area contributed by atoms with Crippen LogP contribution < -0.4 is 20.1 Å². The molecule has 0 radical (unpaired) electrons. The summed E-state index contributed by atoms with van der Waals surface area (Å²) in [5, 5.41) is 37.4. The highest BCUT2D eigenvalue weighted by Gasteiger charge is 2.55. The van der Waals surface area contributed by atoms with Gasteiger partial charge in [-0.25, -0.2) is 9.55 Å². The number of halogens is 1. The monoisotopic (exact) mass is 830 g/mol. The maximum atomic E-state index is 14.7. The number of fused-ring (bicyclic) bond motifs is 3. The van der Waals surface area contributed by atoms with Gasteiger partial charge in [-0.2, -0.15) is 15.1 Å². The van der Waals surface area contributed by atoms with Crippen molar-refractivity contribution in [3.05, 3.63) is 81.7 Å². The molecule has 2 aromatic heterocycles. The predicted octanol–water partition coefficient (Wildman–Crippen LogP) is 4.24. The lowest BCUT2D eigenvalue weighted by Gasteiger charge is -2.28. The summed E-state index contributed by atoms with van der Waals surface area (Å²) < 4.78 is 40.0. The van der Waals surface area contributed by atoms with Crippen LogP contribution in [0.2, 0.25) is 0 Å². The number of carboxylic acids is 1.